The van der Waals surface area contributed by atoms with E-state index in [2.05, 4.69) is 27.4 Å². The molecule has 3 heterocycles. The highest BCUT2D eigenvalue weighted by Gasteiger charge is 2.32. The van der Waals surface area contributed by atoms with Crippen LogP contribution in [0, 0.1) is 17.7 Å². The number of anilines is 1. The fraction of sp³-hybridized carbons (Fsp3) is 0.462. The number of nitrogens with zero attached hydrogens (tertiary/aromatic N) is 4. The minimum absolute atomic E-state index is 0.109. The third-order valence-corrected chi connectivity index (χ3v) is 6.96. The van der Waals surface area contributed by atoms with E-state index in [1.165, 1.54) is 12.5 Å². The summed E-state index contributed by atoms with van der Waals surface area (Å²) in [5.74, 6) is 1.74. The molecule has 5 nitrogen and oxygen atoms in total. The Hall–Kier alpha value is -2.89. The van der Waals surface area contributed by atoms with Crippen molar-refractivity contribution >= 4 is 22.9 Å². The summed E-state index contributed by atoms with van der Waals surface area (Å²) in [5, 5.41) is 0. The molecule has 0 aliphatic carbocycles. The van der Waals surface area contributed by atoms with Gasteiger partial charge in [0.1, 0.15) is 5.82 Å². The molecule has 32 heavy (non-hydrogen) atoms. The van der Waals surface area contributed by atoms with Gasteiger partial charge in [-0.15, -0.1) is 0 Å². The van der Waals surface area contributed by atoms with Crippen LogP contribution in [0.1, 0.15) is 38.2 Å². The van der Waals surface area contributed by atoms with Gasteiger partial charge in [-0.1, -0.05) is 31.2 Å². The first-order valence-corrected chi connectivity index (χ1v) is 11.8. The molecule has 0 N–H and O–H groups in total. The van der Waals surface area contributed by atoms with Gasteiger partial charge in [0, 0.05) is 32.1 Å². The summed E-state index contributed by atoms with van der Waals surface area (Å²) in [4.78, 5) is 22.4. The second-order valence-corrected chi connectivity index (χ2v) is 9.41. The van der Waals surface area contributed by atoms with Crippen LogP contribution in [0.5, 0.6) is 0 Å². The lowest BCUT2D eigenvalue weighted by Gasteiger charge is -2.37. The summed E-state index contributed by atoms with van der Waals surface area (Å²) < 4.78 is 16.0. The zero-order valence-electron chi connectivity index (χ0n) is 18.7. The summed E-state index contributed by atoms with van der Waals surface area (Å²) >= 11 is 0. The third kappa shape index (κ3) is 4.23. The van der Waals surface area contributed by atoms with Gasteiger partial charge >= 0.3 is 0 Å². The molecule has 0 radical (unpaired) electrons. The number of halogens is 1. The first-order valence-electron chi connectivity index (χ1n) is 11.8. The highest BCUT2D eigenvalue weighted by atomic mass is 19.1. The van der Waals surface area contributed by atoms with Crippen molar-refractivity contribution in [3.63, 3.8) is 0 Å². The lowest BCUT2D eigenvalue weighted by Crippen LogP contribution is -2.46. The minimum atomic E-state index is -0.222. The Kier molecular flexibility index (Phi) is 5.85. The van der Waals surface area contributed by atoms with E-state index in [0.29, 0.717) is 18.4 Å². The quantitative estimate of drug-likeness (QED) is 0.598. The number of imidazole rings is 1. The maximum atomic E-state index is 13.8. The molecular formula is C26H31FN4O. The number of benzene rings is 2. The second-order valence-electron chi connectivity index (χ2n) is 9.41. The van der Waals surface area contributed by atoms with Crippen LogP contribution in [-0.2, 0) is 11.3 Å². The van der Waals surface area contributed by atoms with Crippen molar-refractivity contribution in [2.24, 2.45) is 11.8 Å². The zero-order valence-corrected chi connectivity index (χ0v) is 18.7. The van der Waals surface area contributed by atoms with Gasteiger partial charge < -0.3 is 14.4 Å². The summed E-state index contributed by atoms with van der Waals surface area (Å²) in [7, 11) is 0. The molecule has 1 amide bonds. The number of fused-ring (bicyclic) bond motifs is 1. The second kappa shape index (κ2) is 8.93. The van der Waals surface area contributed by atoms with Crippen LogP contribution >= 0.6 is 0 Å². The molecule has 6 heteroatoms. The topological polar surface area (TPSA) is 41.4 Å². The van der Waals surface area contributed by atoms with E-state index in [1.807, 2.05) is 24.3 Å². The molecule has 0 unspecified atom stereocenters. The molecular weight excluding hydrogens is 403 g/mol. The molecule has 3 aromatic rings. The number of piperidine rings is 2. The van der Waals surface area contributed by atoms with Gasteiger partial charge in [-0.3, -0.25) is 4.79 Å². The number of para-hydroxylation sites is 2. The lowest BCUT2D eigenvalue weighted by atomic mass is 9.93. The first kappa shape index (κ1) is 21.0. The average Bonchev–Trinajstić information content (AvgIpc) is 3.17. The molecule has 2 aromatic carbocycles. The number of carbonyl (C=O) groups excluding carboxylic acids is 1. The molecule has 1 aromatic heterocycles. The molecule has 2 aliphatic heterocycles. The molecule has 5 rings (SSSR count). The minimum Gasteiger partial charge on any atom is -0.342 e. The van der Waals surface area contributed by atoms with Crippen LogP contribution in [0.25, 0.3) is 11.0 Å². The average molecular weight is 435 g/mol. The molecule has 2 fully saturated rings. The standard InChI is InChI=1S/C26H31FN4O/c1-19-6-5-13-30(17-19)25(32)21-11-14-29(15-12-21)26-28-23-9-2-3-10-24(23)31(26)18-20-7-4-8-22(27)16-20/h2-4,7-10,16,19,21H,5-6,11-15,17-18H2,1H3/t19-/m1/s1. The number of likely N-dealkylation sites (tertiary alicyclic amines) is 1. The maximum Gasteiger partial charge on any atom is 0.225 e. The largest absolute Gasteiger partial charge is 0.342 e. The van der Waals surface area contributed by atoms with Gasteiger partial charge in [0.2, 0.25) is 11.9 Å². The van der Waals surface area contributed by atoms with Gasteiger partial charge in [0.15, 0.2) is 0 Å². The number of rotatable bonds is 4. The predicted molar refractivity (Wildman–Crippen MR) is 125 cm³/mol. The monoisotopic (exact) mass is 434 g/mol. The van der Waals surface area contributed by atoms with E-state index in [9.17, 15) is 9.18 Å². The Morgan fingerprint density at radius 3 is 2.66 bits per heavy atom. The predicted octanol–water partition coefficient (Wildman–Crippen LogP) is 4.70. The fourth-order valence-electron chi connectivity index (χ4n) is 5.25. The van der Waals surface area contributed by atoms with Crippen LogP contribution in [0.4, 0.5) is 10.3 Å². The lowest BCUT2D eigenvalue weighted by molar-refractivity contribution is -0.137. The molecule has 0 saturated carbocycles. The number of hydrogen-bond donors (Lipinski definition) is 0. The third-order valence-electron chi connectivity index (χ3n) is 6.96. The van der Waals surface area contributed by atoms with Crippen molar-refractivity contribution in [2.75, 3.05) is 31.1 Å². The van der Waals surface area contributed by atoms with Gasteiger partial charge in [0.25, 0.3) is 0 Å². The molecule has 0 bridgehead atoms. The van der Waals surface area contributed by atoms with Gasteiger partial charge in [0.05, 0.1) is 17.6 Å². The summed E-state index contributed by atoms with van der Waals surface area (Å²) in [6, 6.07) is 14.9. The maximum absolute atomic E-state index is 13.8. The zero-order chi connectivity index (χ0) is 22.1. The van der Waals surface area contributed by atoms with Crippen molar-refractivity contribution in [3.8, 4) is 0 Å². The fourth-order valence-corrected chi connectivity index (χ4v) is 5.25. The van der Waals surface area contributed by atoms with Crippen LogP contribution < -0.4 is 4.90 Å². The normalized spacial score (nSPS) is 20.1. The van der Waals surface area contributed by atoms with Crippen LogP contribution in [0.15, 0.2) is 48.5 Å². The van der Waals surface area contributed by atoms with Crippen LogP contribution in [-0.4, -0.2) is 46.5 Å². The number of aromatic nitrogens is 2. The Balaban J connectivity index is 1.34. The highest BCUT2D eigenvalue weighted by molar-refractivity contribution is 5.80. The van der Waals surface area contributed by atoms with Crippen molar-refractivity contribution in [3.05, 3.63) is 59.9 Å². The smallest absolute Gasteiger partial charge is 0.225 e. The van der Waals surface area contributed by atoms with Crippen LogP contribution in [0.3, 0.4) is 0 Å². The number of carbonyl (C=O) groups is 1. The van der Waals surface area contributed by atoms with Crippen molar-refractivity contribution in [1.29, 1.82) is 0 Å². The van der Waals surface area contributed by atoms with E-state index in [1.54, 1.807) is 12.1 Å². The Bertz CT molecular complexity index is 1100. The SMILES string of the molecule is C[C@@H]1CCCN(C(=O)C2CCN(c3nc4ccccc4n3Cc3cccc(F)c3)CC2)C1. The molecule has 1 atom stereocenters. The van der Waals surface area contributed by atoms with Crippen molar-refractivity contribution in [2.45, 2.75) is 39.2 Å². The van der Waals surface area contributed by atoms with E-state index in [-0.39, 0.29) is 11.7 Å². The van der Waals surface area contributed by atoms with E-state index in [4.69, 9.17) is 4.98 Å². The summed E-state index contributed by atoms with van der Waals surface area (Å²) in [5.41, 5.74) is 2.91. The van der Waals surface area contributed by atoms with Crippen molar-refractivity contribution < 1.29 is 9.18 Å². The first-order chi connectivity index (χ1) is 15.6. The molecule has 2 aliphatic rings. The molecule has 168 valence electrons. The summed E-state index contributed by atoms with van der Waals surface area (Å²) in [6.07, 6.45) is 4.05. The van der Waals surface area contributed by atoms with Crippen molar-refractivity contribution in [1.82, 2.24) is 14.5 Å². The van der Waals surface area contributed by atoms with E-state index >= 15 is 0 Å². The molecule has 0 spiro atoms. The van der Waals surface area contributed by atoms with Gasteiger partial charge in [-0.2, -0.15) is 0 Å². The Labute approximate surface area is 188 Å². The van der Waals surface area contributed by atoms with Gasteiger partial charge in [-0.25, -0.2) is 9.37 Å². The summed E-state index contributed by atoms with van der Waals surface area (Å²) in [6.45, 7) is 6.25. The van der Waals surface area contributed by atoms with E-state index in [0.717, 1.165) is 68.0 Å². The molecule has 2 saturated heterocycles. The van der Waals surface area contributed by atoms with Crippen LogP contribution in [0.2, 0.25) is 0 Å². The van der Waals surface area contributed by atoms with Gasteiger partial charge in [-0.05, 0) is 61.4 Å². The Morgan fingerprint density at radius 1 is 1.06 bits per heavy atom. The highest BCUT2D eigenvalue weighted by Crippen LogP contribution is 2.29. The number of amides is 1. The number of hydrogen-bond acceptors (Lipinski definition) is 3. The Morgan fingerprint density at radius 2 is 1.88 bits per heavy atom. The van der Waals surface area contributed by atoms with E-state index < -0.39 is 0 Å².